The van der Waals surface area contributed by atoms with E-state index >= 15 is 0 Å². The molecule has 12 heavy (non-hydrogen) atoms. The molecule has 0 aliphatic carbocycles. The highest BCUT2D eigenvalue weighted by molar-refractivity contribution is 7.99. The lowest BCUT2D eigenvalue weighted by molar-refractivity contribution is 0.220. The Bertz CT molecular complexity index is 250. The summed E-state index contributed by atoms with van der Waals surface area (Å²) in [6.45, 7) is 1.69. The zero-order valence-corrected chi connectivity index (χ0v) is 7.64. The lowest BCUT2D eigenvalue weighted by atomic mass is 10.3. The number of aliphatic hydroxyl groups excluding tert-OH is 1. The van der Waals surface area contributed by atoms with E-state index in [-0.39, 0.29) is 5.82 Å². The van der Waals surface area contributed by atoms with Gasteiger partial charge in [-0.05, 0) is 19.1 Å². The van der Waals surface area contributed by atoms with Gasteiger partial charge in [0.15, 0.2) is 0 Å². The van der Waals surface area contributed by atoms with Gasteiger partial charge in [0, 0.05) is 10.6 Å². The number of hydrogen-bond donors (Lipinski definition) is 1. The Morgan fingerprint density at radius 1 is 1.50 bits per heavy atom. The summed E-state index contributed by atoms with van der Waals surface area (Å²) in [4.78, 5) is 0.596. The molecule has 66 valence electrons. The van der Waals surface area contributed by atoms with E-state index in [1.807, 2.05) is 0 Å². The summed E-state index contributed by atoms with van der Waals surface area (Å²) in [7, 11) is 0. The van der Waals surface area contributed by atoms with Crippen molar-refractivity contribution >= 4 is 11.8 Å². The van der Waals surface area contributed by atoms with Crippen LogP contribution < -0.4 is 0 Å². The third-order valence-electron chi connectivity index (χ3n) is 1.32. The van der Waals surface area contributed by atoms with E-state index in [0.717, 1.165) is 0 Å². The summed E-state index contributed by atoms with van der Waals surface area (Å²) in [6.07, 6.45) is -0.394. The summed E-state index contributed by atoms with van der Waals surface area (Å²) >= 11 is 1.33. The van der Waals surface area contributed by atoms with Gasteiger partial charge in [-0.15, -0.1) is 11.8 Å². The summed E-state index contributed by atoms with van der Waals surface area (Å²) < 4.78 is 12.9. The van der Waals surface area contributed by atoms with Crippen LogP contribution >= 0.6 is 11.8 Å². The average Bonchev–Trinajstić information content (AvgIpc) is 2.03. The second kappa shape index (κ2) is 4.48. The smallest absolute Gasteiger partial charge is 0.136 e. The third kappa shape index (κ3) is 2.83. The fraction of sp³-hybridized carbons (Fsp3) is 0.333. The maximum Gasteiger partial charge on any atom is 0.136 e. The fourth-order valence-electron chi connectivity index (χ4n) is 0.772. The molecule has 0 saturated carbocycles. The SMILES string of the molecule is CC(O)CSc1ccccc1F. The zero-order valence-electron chi connectivity index (χ0n) is 6.83. The van der Waals surface area contributed by atoms with E-state index < -0.39 is 6.10 Å². The van der Waals surface area contributed by atoms with Crippen molar-refractivity contribution in [3.8, 4) is 0 Å². The molecular weight excluding hydrogens is 175 g/mol. The number of thioether (sulfide) groups is 1. The van der Waals surface area contributed by atoms with Crippen molar-refractivity contribution in [2.75, 3.05) is 5.75 Å². The molecule has 0 amide bonds. The lowest BCUT2D eigenvalue weighted by Crippen LogP contribution is -2.02. The Morgan fingerprint density at radius 3 is 2.75 bits per heavy atom. The van der Waals surface area contributed by atoms with Crippen LogP contribution in [0.5, 0.6) is 0 Å². The van der Waals surface area contributed by atoms with Gasteiger partial charge in [-0.1, -0.05) is 12.1 Å². The Kier molecular flexibility index (Phi) is 3.56. The zero-order chi connectivity index (χ0) is 8.97. The Balaban J connectivity index is 2.57. The van der Waals surface area contributed by atoms with Gasteiger partial charge in [-0.25, -0.2) is 4.39 Å². The summed E-state index contributed by atoms with van der Waals surface area (Å²) in [5.41, 5.74) is 0. The number of benzene rings is 1. The molecule has 0 aliphatic heterocycles. The number of halogens is 1. The fourth-order valence-corrected chi connectivity index (χ4v) is 1.57. The van der Waals surface area contributed by atoms with Gasteiger partial charge < -0.3 is 5.11 Å². The van der Waals surface area contributed by atoms with Crippen LogP contribution in [-0.2, 0) is 0 Å². The molecule has 1 unspecified atom stereocenters. The average molecular weight is 186 g/mol. The standard InChI is InChI=1S/C9H11FOS/c1-7(11)6-12-9-5-3-2-4-8(9)10/h2-5,7,11H,6H2,1H3. The number of rotatable bonds is 3. The summed E-state index contributed by atoms with van der Waals surface area (Å²) in [5.74, 6) is 0.309. The lowest BCUT2D eigenvalue weighted by Gasteiger charge is -2.04. The quantitative estimate of drug-likeness (QED) is 0.731. The van der Waals surface area contributed by atoms with Crippen molar-refractivity contribution in [3.63, 3.8) is 0 Å². The van der Waals surface area contributed by atoms with Crippen LogP contribution in [0.15, 0.2) is 29.2 Å². The summed E-state index contributed by atoms with van der Waals surface area (Å²) in [5, 5.41) is 8.96. The predicted octanol–water partition coefficient (Wildman–Crippen LogP) is 2.30. The molecule has 1 atom stereocenters. The Labute approximate surface area is 75.6 Å². The van der Waals surface area contributed by atoms with Crippen molar-refractivity contribution in [2.45, 2.75) is 17.9 Å². The van der Waals surface area contributed by atoms with Gasteiger partial charge in [0.25, 0.3) is 0 Å². The molecule has 1 rings (SSSR count). The van der Waals surface area contributed by atoms with Gasteiger partial charge in [0.05, 0.1) is 6.10 Å². The van der Waals surface area contributed by atoms with E-state index in [1.165, 1.54) is 17.8 Å². The molecule has 0 spiro atoms. The molecule has 0 aromatic heterocycles. The minimum absolute atomic E-state index is 0.219. The monoisotopic (exact) mass is 186 g/mol. The number of aliphatic hydroxyl groups is 1. The van der Waals surface area contributed by atoms with E-state index in [4.69, 9.17) is 5.11 Å². The van der Waals surface area contributed by atoms with Gasteiger partial charge in [0.2, 0.25) is 0 Å². The third-order valence-corrected chi connectivity index (χ3v) is 2.61. The van der Waals surface area contributed by atoms with Gasteiger partial charge in [-0.2, -0.15) is 0 Å². The highest BCUT2D eigenvalue weighted by Gasteiger charge is 2.02. The molecule has 0 radical (unpaired) electrons. The van der Waals surface area contributed by atoms with Crippen LogP contribution in [0.2, 0.25) is 0 Å². The van der Waals surface area contributed by atoms with Crippen LogP contribution in [0.25, 0.3) is 0 Å². The van der Waals surface area contributed by atoms with Crippen molar-refractivity contribution in [1.29, 1.82) is 0 Å². The maximum atomic E-state index is 12.9. The minimum atomic E-state index is -0.394. The topological polar surface area (TPSA) is 20.2 Å². The van der Waals surface area contributed by atoms with Crippen LogP contribution in [0.1, 0.15) is 6.92 Å². The molecule has 0 heterocycles. The molecule has 0 aliphatic rings. The minimum Gasteiger partial charge on any atom is -0.393 e. The molecule has 0 bridgehead atoms. The normalized spacial score (nSPS) is 12.9. The van der Waals surface area contributed by atoms with E-state index in [9.17, 15) is 4.39 Å². The van der Waals surface area contributed by atoms with E-state index in [2.05, 4.69) is 0 Å². The predicted molar refractivity (Wildman–Crippen MR) is 48.8 cm³/mol. The maximum absolute atomic E-state index is 12.9. The van der Waals surface area contributed by atoms with Crippen molar-refractivity contribution in [3.05, 3.63) is 30.1 Å². The second-order valence-electron chi connectivity index (χ2n) is 2.59. The molecule has 1 nitrogen and oxygen atoms in total. The molecule has 1 N–H and O–H groups in total. The van der Waals surface area contributed by atoms with Crippen LogP contribution in [0.3, 0.4) is 0 Å². The highest BCUT2D eigenvalue weighted by Crippen LogP contribution is 2.21. The van der Waals surface area contributed by atoms with Gasteiger partial charge >= 0.3 is 0 Å². The Hall–Kier alpha value is -0.540. The van der Waals surface area contributed by atoms with Gasteiger partial charge in [-0.3, -0.25) is 0 Å². The molecular formula is C9H11FOS. The first-order chi connectivity index (χ1) is 5.70. The number of hydrogen-bond acceptors (Lipinski definition) is 2. The first-order valence-electron chi connectivity index (χ1n) is 3.75. The van der Waals surface area contributed by atoms with Gasteiger partial charge in [0.1, 0.15) is 5.82 Å². The van der Waals surface area contributed by atoms with Crippen LogP contribution in [-0.4, -0.2) is 17.0 Å². The first-order valence-corrected chi connectivity index (χ1v) is 4.74. The van der Waals surface area contributed by atoms with Crippen LogP contribution in [0.4, 0.5) is 4.39 Å². The largest absolute Gasteiger partial charge is 0.393 e. The van der Waals surface area contributed by atoms with Crippen molar-refractivity contribution in [1.82, 2.24) is 0 Å². The molecule has 3 heteroatoms. The van der Waals surface area contributed by atoms with Crippen molar-refractivity contribution in [2.24, 2.45) is 0 Å². The molecule has 0 saturated heterocycles. The Morgan fingerprint density at radius 2 is 2.17 bits per heavy atom. The first kappa shape index (κ1) is 9.55. The van der Waals surface area contributed by atoms with Crippen LogP contribution in [0, 0.1) is 5.82 Å². The molecule has 1 aromatic rings. The van der Waals surface area contributed by atoms with E-state index in [1.54, 1.807) is 25.1 Å². The second-order valence-corrected chi connectivity index (χ2v) is 3.65. The molecule has 0 fully saturated rings. The highest BCUT2D eigenvalue weighted by atomic mass is 32.2. The molecule has 1 aromatic carbocycles. The summed E-state index contributed by atoms with van der Waals surface area (Å²) in [6, 6.07) is 6.57. The van der Waals surface area contributed by atoms with Crippen molar-refractivity contribution < 1.29 is 9.50 Å². The van der Waals surface area contributed by atoms with E-state index in [0.29, 0.717) is 10.6 Å².